The molecule has 5 rings (SSSR count). The molecule has 10 heteroatoms. The Morgan fingerprint density at radius 1 is 1.05 bits per heavy atom. The van der Waals surface area contributed by atoms with E-state index >= 15 is 0 Å². The molecule has 0 aliphatic heterocycles. The van der Waals surface area contributed by atoms with Crippen LogP contribution in [0.2, 0.25) is 0 Å². The van der Waals surface area contributed by atoms with Gasteiger partial charge in [-0.2, -0.15) is 0 Å². The van der Waals surface area contributed by atoms with E-state index in [1.807, 2.05) is 55.6 Å². The van der Waals surface area contributed by atoms with E-state index in [4.69, 9.17) is 9.72 Å². The van der Waals surface area contributed by atoms with Crippen molar-refractivity contribution >= 4 is 44.4 Å². The molecule has 3 amide bonds. The second kappa shape index (κ2) is 9.19. The summed E-state index contributed by atoms with van der Waals surface area (Å²) in [5.74, 6) is -0.322. The van der Waals surface area contributed by atoms with Crippen LogP contribution in [0.3, 0.4) is 0 Å². The molecule has 2 aromatic heterocycles. The maximum Gasteiger partial charge on any atom is 0.408 e. The van der Waals surface area contributed by atoms with Crippen molar-refractivity contribution in [2.24, 2.45) is 0 Å². The summed E-state index contributed by atoms with van der Waals surface area (Å²) in [4.78, 5) is 42.3. The van der Waals surface area contributed by atoms with Crippen molar-refractivity contribution < 1.29 is 19.1 Å². The van der Waals surface area contributed by atoms with E-state index in [0.717, 1.165) is 39.3 Å². The van der Waals surface area contributed by atoms with Gasteiger partial charge in [-0.25, -0.2) is 9.78 Å². The average Bonchev–Trinajstić information content (AvgIpc) is 3.34. The van der Waals surface area contributed by atoms with Gasteiger partial charge < -0.3 is 20.7 Å². The van der Waals surface area contributed by atoms with Crippen molar-refractivity contribution in [2.45, 2.75) is 44.8 Å². The van der Waals surface area contributed by atoms with E-state index < -0.39 is 17.2 Å². The lowest BCUT2D eigenvalue weighted by Crippen LogP contribution is -2.47. The number of hydrogen-bond donors (Lipinski definition) is 3. The van der Waals surface area contributed by atoms with Crippen molar-refractivity contribution in [2.75, 3.05) is 13.6 Å². The van der Waals surface area contributed by atoms with Gasteiger partial charge in [0, 0.05) is 36.5 Å². The van der Waals surface area contributed by atoms with E-state index in [-0.39, 0.29) is 11.8 Å². The molecule has 0 atom stereocenters. The minimum Gasteiger partial charge on any atom is -0.444 e. The summed E-state index contributed by atoms with van der Waals surface area (Å²) in [6.07, 6.45) is 3.08. The molecule has 1 aliphatic carbocycles. The van der Waals surface area contributed by atoms with Gasteiger partial charge in [0.1, 0.15) is 5.60 Å². The van der Waals surface area contributed by atoms with Gasteiger partial charge in [0.2, 0.25) is 0 Å². The molecule has 1 fully saturated rings. The van der Waals surface area contributed by atoms with Gasteiger partial charge in [0.25, 0.3) is 11.8 Å². The third-order valence-corrected chi connectivity index (χ3v) is 7.25. The minimum atomic E-state index is -0.572. The molecule has 3 N–H and O–H groups in total. The first-order valence-corrected chi connectivity index (χ1v) is 12.9. The fourth-order valence-electron chi connectivity index (χ4n) is 4.09. The highest BCUT2D eigenvalue weighted by molar-refractivity contribution is 7.23. The summed E-state index contributed by atoms with van der Waals surface area (Å²) >= 11 is 1.50. The van der Waals surface area contributed by atoms with Crippen molar-refractivity contribution in [3.63, 3.8) is 0 Å². The number of ether oxygens (including phenoxy) is 1. The highest BCUT2D eigenvalue weighted by Gasteiger charge is 2.45. The minimum absolute atomic E-state index is 0.130. The largest absolute Gasteiger partial charge is 0.444 e. The van der Waals surface area contributed by atoms with E-state index in [1.165, 1.54) is 11.3 Å². The molecular formula is C27H29N5O4S. The molecule has 4 aromatic rings. The third kappa shape index (κ3) is 5.29. The Kier molecular flexibility index (Phi) is 6.15. The number of carbonyl (C=O) groups excluding carboxylic acids is 3. The number of nitrogens with one attached hydrogen (secondary N) is 3. The predicted molar refractivity (Wildman–Crippen MR) is 143 cm³/mol. The van der Waals surface area contributed by atoms with Gasteiger partial charge >= 0.3 is 6.09 Å². The zero-order chi connectivity index (χ0) is 26.4. The van der Waals surface area contributed by atoms with Gasteiger partial charge in [-0.3, -0.25) is 14.0 Å². The second-order valence-corrected chi connectivity index (χ2v) is 11.3. The summed E-state index contributed by atoms with van der Waals surface area (Å²) in [7, 11) is 1.60. The van der Waals surface area contributed by atoms with Crippen molar-refractivity contribution in [1.82, 2.24) is 25.3 Å². The van der Waals surface area contributed by atoms with Crippen molar-refractivity contribution in [3.8, 4) is 11.3 Å². The van der Waals surface area contributed by atoms with Crippen LogP contribution in [-0.2, 0) is 4.74 Å². The molecule has 0 bridgehead atoms. The van der Waals surface area contributed by atoms with Crippen LogP contribution in [-0.4, -0.2) is 52.0 Å². The van der Waals surface area contributed by atoms with Crippen molar-refractivity contribution in [3.05, 3.63) is 59.8 Å². The van der Waals surface area contributed by atoms with Gasteiger partial charge in [-0.05, 0) is 63.9 Å². The normalized spacial score (nSPS) is 14.4. The Labute approximate surface area is 218 Å². The van der Waals surface area contributed by atoms with Crippen LogP contribution >= 0.6 is 11.3 Å². The molecule has 1 saturated carbocycles. The maximum absolute atomic E-state index is 12.9. The Morgan fingerprint density at radius 3 is 2.41 bits per heavy atom. The quantitative estimate of drug-likeness (QED) is 0.350. The maximum atomic E-state index is 12.9. The second-order valence-electron chi connectivity index (χ2n) is 10.3. The molecule has 0 radical (unpaired) electrons. The highest BCUT2D eigenvalue weighted by atomic mass is 32.1. The molecule has 0 saturated heterocycles. The van der Waals surface area contributed by atoms with Crippen LogP contribution < -0.4 is 16.0 Å². The molecule has 0 spiro atoms. The number of alkyl carbamates (subject to hydrolysis) is 1. The lowest BCUT2D eigenvalue weighted by atomic mass is 10.1. The first-order valence-electron chi connectivity index (χ1n) is 12.1. The third-order valence-electron chi connectivity index (χ3n) is 6.23. The fraction of sp³-hybridized carbons (Fsp3) is 0.333. The number of hydrogen-bond acceptors (Lipinski definition) is 6. The molecule has 9 nitrogen and oxygen atoms in total. The van der Waals surface area contributed by atoms with E-state index in [0.29, 0.717) is 17.7 Å². The molecule has 2 aromatic carbocycles. The van der Waals surface area contributed by atoms with E-state index in [2.05, 4.69) is 16.0 Å². The highest BCUT2D eigenvalue weighted by Crippen LogP contribution is 2.35. The number of imidazole rings is 1. The molecule has 2 heterocycles. The number of nitrogens with zero attached hydrogens (tertiary/aromatic N) is 2. The summed E-state index contributed by atoms with van der Waals surface area (Å²) in [6.45, 7) is 5.80. The van der Waals surface area contributed by atoms with Crippen LogP contribution in [0.25, 0.3) is 26.4 Å². The van der Waals surface area contributed by atoms with Crippen LogP contribution in [0.5, 0.6) is 0 Å². The van der Waals surface area contributed by atoms with Crippen LogP contribution in [0.4, 0.5) is 4.79 Å². The summed E-state index contributed by atoms with van der Waals surface area (Å²) < 4.78 is 8.30. The van der Waals surface area contributed by atoms with Gasteiger partial charge in [-0.1, -0.05) is 23.5 Å². The number of aromatic nitrogens is 2. The van der Waals surface area contributed by atoms with Crippen LogP contribution in [0.1, 0.15) is 54.3 Å². The first kappa shape index (κ1) is 24.8. The lowest BCUT2D eigenvalue weighted by Gasteiger charge is -2.23. The number of carbonyl (C=O) groups is 3. The number of rotatable bonds is 6. The smallest absolute Gasteiger partial charge is 0.408 e. The van der Waals surface area contributed by atoms with Gasteiger partial charge in [0.15, 0.2) is 4.96 Å². The number of thiazole rings is 1. The first-order chi connectivity index (χ1) is 17.6. The van der Waals surface area contributed by atoms with E-state index in [1.54, 1.807) is 25.2 Å². The Bertz CT molecular complexity index is 1510. The molecule has 1 aliphatic rings. The summed E-state index contributed by atoms with van der Waals surface area (Å²) in [6, 6.07) is 12.9. The average molecular weight is 520 g/mol. The molecule has 0 unspecified atom stereocenters. The Hall–Kier alpha value is -3.92. The van der Waals surface area contributed by atoms with Crippen LogP contribution in [0.15, 0.2) is 48.7 Å². The summed E-state index contributed by atoms with van der Waals surface area (Å²) in [5, 5.41) is 8.47. The Morgan fingerprint density at radius 2 is 1.76 bits per heavy atom. The molecule has 192 valence electrons. The standard InChI is InChI=1S/C27H29N5O4S/c1-26(2,3)36-25(35)31-27(11-12-27)15-29-23(34)18-9-10-20-21(13-18)37-24-30-19(14-32(20)24)16-5-7-17(8-6-16)22(33)28-4/h5-10,13-14H,11-12,15H2,1-4H3,(H,28,33)(H,29,34)(H,31,35). The van der Waals surface area contributed by atoms with Gasteiger partial charge in [0.05, 0.1) is 21.4 Å². The van der Waals surface area contributed by atoms with Gasteiger partial charge in [-0.15, -0.1) is 0 Å². The number of benzene rings is 2. The fourth-order valence-corrected chi connectivity index (χ4v) is 5.13. The monoisotopic (exact) mass is 519 g/mol. The topological polar surface area (TPSA) is 114 Å². The number of amides is 3. The SMILES string of the molecule is CNC(=O)c1ccc(-c2cn3c(n2)sc2cc(C(=O)NCC4(NC(=O)OC(C)(C)C)CC4)ccc23)cc1. The zero-order valence-corrected chi connectivity index (χ0v) is 22.0. The van der Waals surface area contributed by atoms with E-state index in [9.17, 15) is 14.4 Å². The predicted octanol–water partition coefficient (Wildman–Crippen LogP) is 4.36. The van der Waals surface area contributed by atoms with Crippen molar-refractivity contribution in [1.29, 1.82) is 0 Å². The zero-order valence-electron chi connectivity index (χ0n) is 21.2. The summed E-state index contributed by atoms with van der Waals surface area (Å²) in [5.41, 5.74) is 2.82. The molecular weight excluding hydrogens is 490 g/mol. The lowest BCUT2D eigenvalue weighted by molar-refractivity contribution is 0.0493. The van der Waals surface area contributed by atoms with Crippen LogP contribution in [0, 0.1) is 0 Å². The molecule has 37 heavy (non-hydrogen) atoms. The Balaban J connectivity index is 1.27. The number of fused-ring (bicyclic) bond motifs is 3.